The third-order valence-corrected chi connectivity index (χ3v) is 5.03. The van der Waals surface area contributed by atoms with Gasteiger partial charge in [0.05, 0.1) is 5.60 Å². The zero-order valence-electron chi connectivity index (χ0n) is 10.4. The summed E-state index contributed by atoms with van der Waals surface area (Å²) >= 11 is 0. The Hall–Kier alpha value is -1.34. The van der Waals surface area contributed by atoms with Gasteiger partial charge in [-0.05, 0) is 29.7 Å². The number of rotatable bonds is 2. The normalized spacial score (nSPS) is 43.6. The molecule has 1 aromatic rings. The predicted octanol–water partition coefficient (Wildman–Crippen LogP) is 2.97. The molecular weight excluding hydrogens is 220 g/mol. The fourth-order valence-corrected chi connectivity index (χ4v) is 4.32. The molecule has 0 aromatic heterocycles. The van der Waals surface area contributed by atoms with E-state index in [0.29, 0.717) is 23.7 Å². The highest BCUT2D eigenvalue weighted by Gasteiger charge is 2.54. The van der Waals surface area contributed by atoms with Gasteiger partial charge in [-0.25, -0.2) is 0 Å². The number of hydrogen-bond donors (Lipinski definition) is 1. The first kappa shape index (κ1) is 10.6. The Bertz CT molecular complexity index is 516. The maximum Gasteiger partial charge on any atom is 0.0907 e. The SMILES string of the molecule is OC1(Cc2ccccc2)C=CC2C3C=CC(C3)C21. The van der Waals surface area contributed by atoms with Crippen molar-refractivity contribution in [2.24, 2.45) is 23.7 Å². The van der Waals surface area contributed by atoms with Crippen LogP contribution in [0.15, 0.2) is 54.6 Å². The van der Waals surface area contributed by atoms with Gasteiger partial charge >= 0.3 is 0 Å². The zero-order valence-corrected chi connectivity index (χ0v) is 10.4. The number of fused-ring (bicyclic) bond motifs is 5. The van der Waals surface area contributed by atoms with E-state index in [2.05, 4.69) is 48.6 Å². The molecule has 5 atom stereocenters. The molecule has 1 nitrogen and oxygen atoms in total. The molecule has 5 unspecified atom stereocenters. The van der Waals surface area contributed by atoms with Crippen LogP contribution in [-0.2, 0) is 6.42 Å². The summed E-state index contributed by atoms with van der Waals surface area (Å²) in [5.41, 5.74) is 0.605. The minimum atomic E-state index is -0.629. The summed E-state index contributed by atoms with van der Waals surface area (Å²) in [4.78, 5) is 0. The Balaban J connectivity index is 1.65. The van der Waals surface area contributed by atoms with Crippen LogP contribution in [-0.4, -0.2) is 10.7 Å². The Morgan fingerprint density at radius 2 is 1.83 bits per heavy atom. The van der Waals surface area contributed by atoms with Crippen LogP contribution in [0.3, 0.4) is 0 Å². The highest BCUT2D eigenvalue weighted by molar-refractivity contribution is 5.32. The third kappa shape index (κ3) is 1.37. The van der Waals surface area contributed by atoms with Crippen molar-refractivity contribution in [3.63, 3.8) is 0 Å². The molecule has 1 N–H and O–H groups in total. The van der Waals surface area contributed by atoms with Crippen molar-refractivity contribution in [1.82, 2.24) is 0 Å². The first-order valence-corrected chi connectivity index (χ1v) is 6.90. The van der Waals surface area contributed by atoms with E-state index in [1.165, 1.54) is 12.0 Å². The quantitative estimate of drug-likeness (QED) is 0.785. The molecule has 1 aromatic carbocycles. The van der Waals surface area contributed by atoms with Crippen LogP contribution in [0, 0.1) is 23.7 Å². The molecule has 18 heavy (non-hydrogen) atoms. The molecule has 0 saturated heterocycles. The summed E-state index contributed by atoms with van der Waals surface area (Å²) in [5, 5.41) is 11.0. The predicted molar refractivity (Wildman–Crippen MR) is 72.0 cm³/mol. The second-order valence-electron chi connectivity index (χ2n) is 6.06. The van der Waals surface area contributed by atoms with Crippen LogP contribution in [0.5, 0.6) is 0 Å². The van der Waals surface area contributed by atoms with Crippen LogP contribution < -0.4 is 0 Å². The molecule has 1 fully saturated rings. The Kier molecular flexibility index (Phi) is 2.10. The van der Waals surface area contributed by atoms with E-state index in [9.17, 15) is 5.11 Å². The lowest BCUT2D eigenvalue weighted by atomic mass is 9.75. The van der Waals surface area contributed by atoms with Crippen molar-refractivity contribution >= 4 is 0 Å². The molecule has 1 saturated carbocycles. The fraction of sp³-hybridized carbons (Fsp3) is 0.412. The van der Waals surface area contributed by atoms with E-state index >= 15 is 0 Å². The molecule has 3 aliphatic rings. The second-order valence-corrected chi connectivity index (χ2v) is 6.06. The fourth-order valence-electron chi connectivity index (χ4n) is 4.32. The van der Waals surface area contributed by atoms with Gasteiger partial charge in [-0.1, -0.05) is 54.6 Å². The number of benzene rings is 1. The smallest absolute Gasteiger partial charge is 0.0907 e. The lowest BCUT2D eigenvalue weighted by Gasteiger charge is -2.34. The largest absolute Gasteiger partial charge is 0.385 e. The van der Waals surface area contributed by atoms with Gasteiger partial charge in [0.15, 0.2) is 0 Å². The van der Waals surface area contributed by atoms with Crippen molar-refractivity contribution in [3.05, 3.63) is 60.2 Å². The molecular formula is C17H18O. The van der Waals surface area contributed by atoms with E-state index in [-0.39, 0.29) is 0 Å². The van der Waals surface area contributed by atoms with E-state index in [4.69, 9.17) is 0 Å². The topological polar surface area (TPSA) is 20.2 Å². The number of allylic oxidation sites excluding steroid dienone is 3. The van der Waals surface area contributed by atoms with Crippen LogP contribution in [0.2, 0.25) is 0 Å². The number of aliphatic hydroxyl groups is 1. The summed E-state index contributed by atoms with van der Waals surface area (Å²) in [5.74, 6) is 2.26. The van der Waals surface area contributed by atoms with E-state index in [1.807, 2.05) is 6.07 Å². The Morgan fingerprint density at radius 3 is 2.67 bits per heavy atom. The van der Waals surface area contributed by atoms with Gasteiger partial charge in [0.25, 0.3) is 0 Å². The lowest BCUT2D eigenvalue weighted by Crippen LogP contribution is -2.40. The maximum atomic E-state index is 11.0. The maximum absolute atomic E-state index is 11.0. The average molecular weight is 238 g/mol. The van der Waals surface area contributed by atoms with Crippen molar-refractivity contribution in [1.29, 1.82) is 0 Å². The first-order chi connectivity index (χ1) is 8.76. The summed E-state index contributed by atoms with van der Waals surface area (Å²) in [6.07, 6.45) is 11.0. The van der Waals surface area contributed by atoms with Crippen molar-refractivity contribution in [2.75, 3.05) is 0 Å². The van der Waals surface area contributed by atoms with Gasteiger partial charge in [0.1, 0.15) is 0 Å². The van der Waals surface area contributed by atoms with Gasteiger partial charge < -0.3 is 5.11 Å². The van der Waals surface area contributed by atoms with Gasteiger partial charge in [-0.2, -0.15) is 0 Å². The molecule has 0 amide bonds. The molecule has 92 valence electrons. The lowest BCUT2D eigenvalue weighted by molar-refractivity contribution is 0.0156. The van der Waals surface area contributed by atoms with E-state index in [1.54, 1.807) is 0 Å². The van der Waals surface area contributed by atoms with Gasteiger partial charge in [0, 0.05) is 12.3 Å². The summed E-state index contributed by atoms with van der Waals surface area (Å²) in [6, 6.07) is 10.4. The molecule has 0 spiro atoms. The van der Waals surface area contributed by atoms with Crippen LogP contribution >= 0.6 is 0 Å². The standard InChI is InChI=1S/C17H18O/c18-17(11-12-4-2-1-3-5-12)9-8-15-13-6-7-14(10-13)16(15)17/h1-9,13-16,18H,10-11H2. The molecule has 0 heterocycles. The van der Waals surface area contributed by atoms with Crippen molar-refractivity contribution < 1.29 is 5.11 Å². The van der Waals surface area contributed by atoms with Crippen molar-refractivity contribution in [2.45, 2.75) is 18.4 Å². The van der Waals surface area contributed by atoms with Crippen LogP contribution in [0.25, 0.3) is 0 Å². The first-order valence-electron chi connectivity index (χ1n) is 6.90. The molecule has 0 aliphatic heterocycles. The summed E-state index contributed by atoms with van der Waals surface area (Å²) < 4.78 is 0. The molecule has 1 heteroatoms. The van der Waals surface area contributed by atoms with E-state index < -0.39 is 5.60 Å². The van der Waals surface area contributed by atoms with Gasteiger partial charge in [0.2, 0.25) is 0 Å². The monoisotopic (exact) mass is 238 g/mol. The van der Waals surface area contributed by atoms with Gasteiger partial charge in [-0.3, -0.25) is 0 Å². The molecule has 2 bridgehead atoms. The zero-order chi connectivity index (χ0) is 12.2. The summed E-state index contributed by atoms with van der Waals surface area (Å²) in [6.45, 7) is 0. The molecule has 3 aliphatic carbocycles. The van der Waals surface area contributed by atoms with Crippen LogP contribution in [0.4, 0.5) is 0 Å². The highest BCUT2D eigenvalue weighted by atomic mass is 16.3. The Labute approximate surface area is 108 Å². The minimum Gasteiger partial charge on any atom is -0.385 e. The molecule has 0 radical (unpaired) electrons. The number of hydrogen-bond acceptors (Lipinski definition) is 1. The summed E-state index contributed by atoms with van der Waals surface area (Å²) in [7, 11) is 0. The van der Waals surface area contributed by atoms with Gasteiger partial charge in [-0.15, -0.1) is 0 Å². The average Bonchev–Trinajstić information content (AvgIpc) is 3.04. The molecule has 4 rings (SSSR count). The van der Waals surface area contributed by atoms with Crippen molar-refractivity contribution in [3.8, 4) is 0 Å². The Morgan fingerprint density at radius 1 is 1.06 bits per heavy atom. The third-order valence-electron chi connectivity index (χ3n) is 5.03. The van der Waals surface area contributed by atoms with E-state index in [0.717, 1.165) is 6.42 Å². The minimum absolute atomic E-state index is 0.410. The second kappa shape index (κ2) is 3.58. The highest BCUT2D eigenvalue weighted by Crippen LogP contribution is 2.56. The van der Waals surface area contributed by atoms with Crippen LogP contribution in [0.1, 0.15) is 12.0 Å².